The van der Waals surface area contributed by atoms with Crippen molar-refractivity contribution in [2.24, 2.45) is 5.92 Å². The molecule has 0 amide bonds. The number of hydrogen-bond donors (Lipinski definition) is 0. The van der Waals surface area contributed by atoms with Crippen LogP contribution in [0.4, 0.5) is 5.69 Å². The predicted octanol–water partition coefficient (Wildman–Crippen LogP) is 3.97. The maximum atomic E-state index is 5.57. The van der Waals surface area contributed by atoms with Crippen LogP contribution in [-0.4, -0.2) is 31.3 Å². The van der Waals surface area contributed by atoms with Crippen molar-refractivity contribution >= 4 is 16.6 Å². The van der Waals surface area contributed by atoms with E-state index in [-0.39, 0.29) is 0 Å². The fourth-order valence-electron chi connectivity index (χ4n) is 3.24. The number of hydrogen-bond acceptors (Lipinski definition) is 3. The van der Waals surface area contributed by atoms with E-state index >= 15 is 0 Å². The van der Waals surface area contributed by atoms with E-state index < -0.39 is 0 Å². The van der Waals surface area contributed by atoms with Gasteiger partial charge in [-0.25, -0.2) is 0 Å². The highest BCUT2D eigenvalue weighted by Gasteiger charge is 2.13. The van der Waals surface area contributed by atoms with Gasteiger partial charge in [0, 0.05) is 36.5 Å². The third-order valence-electron chi connectivity index (χ3n) is 4.22. The van der Waals surface area contributed by atoms with Crippen molar-refractivity contribution in [3.63, 3.8) is 0 Å². The van der Waals surface area contributed by atoms with Crippen LogP contribution in [0.3, 0.4) is 0 Å². The van der Waals surface area contributed by atoms with Crippen molar-refractivity contribution in [3.05, 3.63) is 35.5 Å². The maximum Gasteiger partial charge on any atom is 0.0709 e. The summed E-state index contributed by atoms with van der Waals surface area (Å²) in [5.74, 6) is 0.653. The van der Waals surface area contributed by atoms with Crippen LogP contribution in [-0.2, 0) is 11.2 Å². The second-order valence-corrected chi connectivity index (χ2v) is 6.68. The summed E-state index contributed by atoms with van der Waals surface area (Å²) in [7, 11) is 0. The molecule has 1 aromatic heterocycles. The molecule has 2 aromatic rings. The molecule has 0 atom stereocenters. The van der Waals surface area contributed by atoms with Crippen LogP contribution in [0.1, 0.15) is 31.5 Å². The molecule has 0 bridgehead atoms. The average Bonchev–Trinajstić information content (AvgIpc) is 2.75. The van der Waals surface area contributed by atoms with Crippen molar-refractivity contribution in [3.8, 4) is 0 Å². The van der Waals surface area contributed by atoms with Gasteiger partial charge in [0.05, 0.1) is 12.1 Å². The molecule has 118 valence electrons. The third-order valence-corrected chi connectivity index (χ3v) is 4.22. The van der Waals surface area contributed by atoms with E-state index in [1.165, 1.54) is 16.6 Å². The monoisotopic (exact) mass is 298 g/mol. The third kappa shape index (κ3) is 3.41. The minimum atomic E-state index is 0.653. The summed E-state index contributed by atoms with van der Waals surface area (Å²) in [6.07, 6.45) is 2.20. The smallest absolute Gasteiger partial charge is 0.0709 e. The van der Waals surface area contributed by atoms with E-state index in [0.717, 1.165) is 50.4 Å². The molecular weight excluding hydrogens is 272 g/mol. The van der Waals surface area contributed by atoms with Crippen LogP contribution in [0.5, 0.6) is 0 Å². The summed E-state index contributed by atoms with van der Waals surface area (Å²) in [5, 5.41) is 1.31. The quantitative estimate of drug-likeness (QED) is 0.857. The van der Waals surface area contributed by atoms with E-state index in [4.69, 9.17) is 9.72 Å². The van der Waals surface area contributed by atoms with Crippen molar-refractivity contribution in [2.45, 2.75) is 33.6 Å². The number of aromatic nitrogens is 1. The van der Waals surface area contributed by atoms with Crippen LogP contribution in [0.15, 0.2) is 24.3 Å². The maximum absolute atomic E-state index is 5.57. The number of ether oxygens (including phenoxy) is 1. The molecule has 1 fully saturated rings. The van der Waals surface area contributed by atoms with Gasteiger partial charge in [0.15, 0.2) is 0 Å². The summed E-state index contributed by atoms with van der Waals surface area (Å²) < 4.78 is 5.57. The Balaban J connectivity index is 2.01. The van der Waals surface area contributed by atoms with Gasteiger partial charge >= 0.3 is 0 Å². The number of fused-ring (bicyclic) bond motifs is 1. The lowest BCUT2D eigenvalue weighted by atomic mass is 9.98. The predicted molar refractivity (Wildman–Crippen MR) is 92.7 cm³/mol. The van der Waals surface area contributed by atoms with Gasteiger partial charge < -0.3 is 9.64 Å². The summed E-state index contributed by atoms with van der Waals surface area (Å²) in [6, 6.07) is 8.95. The van der Waals surface area contributed by atoms with E-state index in [1.54, 1.807) is 0 Å². The van der Waals surface area contributed by atoms with Gasteiger partial charge in [0.2, 0.25) is 0 Å². The zero-order valence-corrected chi connectivity index (χ0v) is 13.9. The average molecular weight is 298 g/mol. The molecule has 0 unspecified atom stereocenters. The lowest BCUT2D eigenvalue weighted by Gasteiger charge is -2.23. The Morgan fingerprint density at radius 2 is 2.05 bits per heavy atom. The van der Waals surface area contributed by atoms with Gasteiger partial charge in [-0.1, -0.05) is 13.8 Å². The van der Waals surface area contributed by atoms with Crippen molar-refractivity contribution in [1.82, 2.24) is 4.98 Å². The van der Waals surface area contributed by atoms with Crippen molar-refractivity contribution in [1.29, 1.82) is 0 Å². The SMILES string of the molecule is Cc1cc(CC(C)C)c2cc(N3CCCOCC3)ccc2n1. The highest BCUT2D eigenvalue weighted by atomic mass is 16.5. The van der Waals surface area contributed by atoms with Gasteiger partial charge in [0.25, 0.3) is 0 Å². The number of nitrogens with zero attached hydrogens (tertiary/aromatic N) is 2. The summed E-state index contributed by atoms with van der Waals surface area (Å²) in [5.41, 5.74) is 4.95. The molecule has 3 heteroatoms. The Bertz CT molecular complexity index is 643. The summed E-state index contributed by atoms with van der Waals surface area (Å²) in [4.78, 5) is 7.14. The number of aryl methyl sites for hydroxylation is 1. The van der Waals surface area contributed by atoms with E-state index in [2.05, 4.69) is 49.9 Å². The van der Waals surface area contributed by atoms with Gasteiger partial charge in [0.1, 0.15) is 0 Å². The van der Waals surface area contributed by atoms with Gasteiger partial charge in [-0.15, -0.1) is 0 Å². The number of benzene rings is 1. The van der Waals surface area contributed by atoms with E-state index in [1.807, 2.05) is 0 Å². The van der Waals surface area contributed by atoms with E-state index in [9.17, 15) is 0 Å². The van der Waals surface area contributed by atoms with Crippen molar-refractivity contribution < 1.29 is 4.74 Å². The molecule has 1 aliphatic rings. The Hall–Kier alpha value is -1.61. The molecule has 1 aromatic carbocycles. The first-order chi connectivity index (χ1) is 10.6. The minimum absolute atomic E-state index is 0.653. The molecule has 1 aliphatic heterocycles. The first kappa shape index (κ1) is 15.3. The normalized spacial score (nSPS) is 16.3. The Morgan fingerprint density at radius 3 is 2.86 bits per heavy atom. The lowest BCUT2D eigenvalue weighted by molar-refractivity contribution is 0.152. The molecule has 0 radical (unpaired) electrons. The van der Waals surface area contributed by atoms with Gasteiger partial charge in [-0.05, 0) is 55.5 Å². The zero-order valence-electron chi connectivity index (χ0n) is 13.9. The van der Waals surface area contributed by atoms with Crippen LogP contribution in [0, 0.1) is 12.8 Å². The number of anilines is 1. The molecule has 0 saturated carbocycles. The Labute approximate surface area is 133 Å². The number of rotatable bonds is 3. The molecule has 3 nitrogen and oxygen atoms in total. The zero-order chi connectivity index (χ0) is 15.5. The highest BCUT2D eigenvalue weighted by molar-refractivity contribution is 5.86. The first-order valence-corrected chi connectivity index (χ1v) is 8.36. The number of pyridine rings is 1. The molecule has 22 heavy (non-hydrogen) atoms. The first-order valence-electron chi connectivity index (χ1n) is 8.36. The fourth-order valence-corrected chi connectivity index (χ4v) is 3.24. The standard InChI is InChI=1S/C19H26N2O/c1-14(2)11-16-12-15(3)20-19-6-5-17(13-18(16)19)21-7-4-9-22-10-8-21/h5-6,12-14H,4,7-11H2,1-3H3. The molecule has 0 spiro atoms. The van der Waals surface area contributed by atoms with Crippen LogP contribution in [0.25, 0.3) is 10.9 Å². The highest BCUT2D eigenvalue weighted by Crippen LogP contribution is 2.27. The second-order valence-electron chi connectivity index (χ2n) is 6.68. The topological polar surface area (TPSA) is 25.4 Å². The van der Waals surface area contributed by atoms with Crippen LogP contribution >= 0.6 is 0 Å². The molecule has 0 N–H and O–H groups in total. The van der Waals surface area contributed by atoms with Crippen LogP contribution < -0.4 is 4.90 Å². The Morgan fingerprint density at radius 1 is 1.18 bits per heavy atom. The van der Waals surface area contributed by atoms with Crippen molar-refractivity contribution in [2.75, 3.05) is 31.2 Å². The molecule has 2 heterocycles. The van der Waals surface area contributed by atoms with Gasteiger partial charge in [-0.3, -0.25) is 4.98 Å². The molecular formula is C19H26N2O. The molecule has 3 rings (SSSR count). The molecule has 1 saturated heterocycles. The second kappa shape index (κ2) is 6.66. The fraction of sp³-hybridized carbons (Fsp3) is 0.526. The molecule has 0 aliphatic carbocycles. The van der Waals surface area contributed by atoms with Crippen LogP contribution in [0.2, 0.25) is 0 Å². The lowest BCUT2D eigenvalue weighted by Crippen LogP contribution is -2.25. The largest absolute Gasteiger partial charge is 0.380 e. The van der Waals surface area contributed by atoms with E-state index in [0.29, 0.717) is 5.92 Å². The summed E-state index contributed by atoms with van der Waals surface area (Å²) in [6.45, 7) is 10.4. The van der Waals surface area contributed by atoms with Gasteiger partial charge in [-0.2, -0.15) is 0 Å². The summed E-state index contributed by atoms with van der Waals surface area (Å²) >= 11 is 0. The minimum Gasteiger partial charge on any atom is -0.380 e. The Kier molecular flexibility index (Phi) is 4.63.